The van der Waals surface area contributed by atoms with Gasteiger partial charge in [0.2, 0.25) is 0 Å². The second kappa shape index (κ2) is 13.8. The van der Waals surface area contributed by atoms with Gasteiger partial charge in [0.05, 0.1) is 11.6 Å². The van der Waals surface area contributed by atoms with Crippen LogP contribution in [0, 0.1) is 0 Å². The molecule has 11 rings (SSSR count). The molecular weight excluding hydrogens is 701 g/mol. The number of allylic oxidation sites excluding steroid dienone is 2. The third kappa shape index (κ3) is 5.77. The molecule has 0 saturated heterocycles. The van der Waals surface area contributed by atoms with Gasteiger partial charge < -0.3 is 9.88 Å². The third-order valence-electron chi connectivity index (χ3n) is 11.9. The number of hydrogen-bond donors (Lipinski definition) is 1. The molecule has 4 nitrogen and oxygen atoms in total. The lowest BCUT2D eigenvalue weighted by molar-refractivity contribution is 0.463. The van der Waals surface area contributed by atoms with Gasteiger partial charge in [-0.15, -0.1) is 11.8 Å². The predicted octanol–water partition coefficient (Wildman–Crippen LogP) is 10.4. The van der Waals surface area contributed by atoms with E-state index < -0.39 is 0 Å². The molecule has 2 aliphatic carbocycles. The summed E-state index contributed by atoms with van der Waals surface area (Å²) in [6.07, 6.45) is 10.2. The summed E-state index contributed by atoms with van der Waals surface area (Å²) in [6, 6.07) is 57.0. The van der Waals surface area contributed by atoms with Crippen LogP contribution in [-0.4, -0.2) is 21.5 Å². The summed E-state index contributed by atoms with van der Waals surface area (Å²) in [5.41, 5.74) is 11.0. The summed E-state index contributed by atoms with van der Waals surface area (Å²) in [6.45, 7) is 0. The number of hydrogen-bond acceptors (Lipinski definition) is 4. The SMILES string of the molecule is C1=C(c2ccccc2)CC(n2c3c(c4ccc(C5=NC(c6ccc(-c7ccccc7)cc6)N=C(c6ccccc6)N5)cc42)=CCCC=3)C2Sc3ccccc3C12. The van der Waals surface area contributed by atoms with Crippen molar-refractivity contribution in [1.29, 1.82) is 0 Å². The van der Waals surface area contributed by atoms with Crippen LogP contribution in [0.4, 0.5) is 0 Å². The Morgan fingerprint density at radius 2 is 1.21 bits per heavy atom. The highest BCUT2D eigenvalue weighted by Gasteiger charge is 2.42. The zero-order valence-electron chi connectivity index (χ0n) is 30.9. The Morgan fingerprint density at radius 3 is 1.98 bits per heavy atom. The Kier molecular flexibility index (Phi) is 8.21. The summed E-state index contributed by atoms with van der Waals surface area (Å²) in [5.74, 6) is 2.01. The molecule has 1 aromatic heterocycles. The van der Waals surface area contributed by atoms with E-state index in [0.29, 0.717) is 11.2 Å². The highest BCUT2D eigenvalue weighted by Crippen LogP contribution is 2.55. The predicted molar refractivity (Wildman–Crippen MR) is 234 cm³/mol. The van der Waals surface area contributed by atoms with E-state index in [1.807, 2.05) is 0 Å². The fourth-order valence-electron chi connectivity index (χ4n) is 9.19. The standard InChI is InChI=1S/C51H40N4S/c1-4-14-33(15-5-1)35-24-26-37(27-25-35)50-52-49(36-18-8-3-9-19-36)53-51(54-50)38-28-29-41-40-20-10-12-22-44(40)55(45(41)31-38)46-32-39(34-16-6-2-7-17-34)30-43-42-21-11-13-23-47(42)56-48(43)46/h1-9,11,13-31,43,46,48,50H,10,12,32H2,(H,52,53,54). The van der Waals surface area contributed by atoms with E-state index in [-0.39, 0.29) is 12.2 Å². The molecule has 0 bridgehead atoms. The molecule has 0 saturated carbocycles. The minimum Gasteiger partial charge on any atom is -0.336 e. The molecule has 56 heavy (non-hydrogen) atoms. The fourth-order valence-corrected chi connectivity index (χ4v) is 10.7. The third-order valence-corrected chi connectivity index (χ3v) is 13.4. The van der Waals surface area contributed by atoms with Crippen molar-refractivity contribution in [2.75, 3.05) is 0 Å². The molecule has 7 aromatic rings. The van der Waals surface area contributed by atoms with E-state index in [1.165, 1.54) is 54.2 Å². The summed E-state index contributed by atoms with van der Waals surface area (Å²) < 4.78 is 2.71. The van der Waals surface area contributed by atoms with Crippen LogP contribution in [0.2, 0.25) is 0 Å². The average Bonchev–Trinajstić information content (AvgIpc) is 3.82. The van der Waals surface area contributed by atoms with Crippen molar-refractivity contribution < 1.29 is 0 Å². The van der Waals surface area contributed by atoms with E-state index in [9.17, 15) is 0 Å². The van der Waals surface area contributed by atoms with Gasteiger partial charge >= 0.3 is 0 Å². The van der Waals surface area contributed by atoms with Crippen LogP contribution in [0.15, 0.2) is 179 Å². The highest BCUT2D eigenvalue weighted by atomic mass is 32.2. The number of aliphatic imine (C=N–C) groups is 2. The second-order valence-corrected chi connectivity index (χ2v) is 16.4. The van der Waals surface area contributed by atoms with Crippen LogP contribution in [0.1, 0.15) is 65.2 Å². The van der Waals surface area contributed by atoms with Gasteiger partial charge in [0.15, 0.2) is 6.17 Å². The van der Waals surface area contributed by atoms with Crippen molar-refractivity contribution in [1.82, 2.24) is 9.88 Å². The summed E-state index contributed by atoms with van der Waals surface area (Å²) in [5, 5.41) is 8.12. The van der Waals surface area contributed by atoms with Crippen molar-refractivity contribution in [3.63, 3.8) is 0 Å². The molecule has 3 heterocycles. The summed E-state index contributed by atoms with van der Waals surface area (Å²) in [7, 11) is 0. The molecule has 4 atom stereocenters. The Hall–Kier alpha value is -6.17. The van der Waals surface area contributed by atoms with Gasteiger partial charge in [-0.1, -0.05) is 164 Å². The molecule has 4 aliphatic rings. The van der Waals surface area contributed by atoms with Crippen LogP contribution >= 0.6 is 11.8 Å². The average molecular weight is 741 g/mol. The van der Waals surface area contributed by atoms with E-state index >= 15 is 0 Å². The van der Waals surface area contributed by atoms with E-state index in [1.54, 1.807) is 0 Å². The number of nitrogens with zero attached hydrogens (tertiary/aromatic N) is 3. The van der Waals surface area contributed by atoms with Crippen LogP contribution in [-0.2, 0) is 0 Å². The van der Waals surface area contributed by atoms with Crippen molar-refractivity contribution in [3.8, 4) is 11.1 Å². The largest absolute Gasteiger partial charge is 0.336 e. The first-order valence-corrected chi connectivity index (χ1v) is 20.6. The van der Waals surface area contributed by atoms with Gasteiger partial charge in [-0.25, -0.2) is 9.98 Å². The molecular formula is C51H40N4S. The Balaban J connectivity index is 1.05. The number of thioether (sulfide) groups is 1. The van der Waals surface area contributed by atoms with Crippen LogP contribution < -0.4 is 15.9 Å². The maximum atomic E-state index is 5.34. The van der Waals surface area contributed by atoms with Gasteiger partial charge in [-0.05, 0) is 64.8 Å². The van der Waals surface area contributed by atoms with E-state index in [0.717, 1.165) is 47.6 Å². The lowest BCUT2D eigenvalue weighted by Crippen LogP contribution is -2.38. The monoisotopic (exact) mass is 740 g/mol. The Morgan fingerprint density at radius 1 is 0.589 bits per heavy atom. The van der Waals surface area contributed by atoms with Gasteiger partial charge in [-0.2, -0.15) is 0 Å². The number of fused-ring (bicyclic) bond motifs is 6. The summed E-state index contributed by atoms with van der Waals surface area (Å²) in [4.78, 5) is 11.9. The number of aromatic nitrogens is 1. The normalized spacial score (nSPS) is 21.0. The van der Waals surface area contributed by atoms with Crippen molar-refractivity contribution in [2.45, 2.75) is 47.5 Å². The molecule has 0 radical (unpaired) electrons. The molecule has 5 heteroatoms. The lowest BCUT2D eigenvalue weighted by Gasteiger charge is -2.35. The van der Waals surface area contributed by atoms with Gasteiger partial charge in [0, 0.05) is 43.1 Å². The maximum Gasteiger partial charge on any atom is 0.169 e. The molecule has 0 spiro atoms. The highest BCUT2D eigenvalue weighted by molar-refractivity contribution is 8.00. The maximum absolute atomic E-state index is 5.34. The van der Waals surface area contributed by atoms with Gasteiger partial charge in [-0.3, -0.25) is 0 Å². The molecule has 0 amide bonds. The quantitative estimate of drug-likeness (QED) is 0.184. The first-order chi connectivity index (χ1) is 27.7. The topological polar surface area (TPSA) is 41.7 Å². The zero-order chi connectivity index (χ0) is 37.0. The van der Waals surface area contributed by atoms with Crippen LogP contribution in [0.5, 0.6) is 0 Å². The molecule has 1 N–H and O–H groups in total. The van der Waals surface area contributed by atoms with E-state index in [4.69, 9.17) is 9.98 Å². The fraction of sp³-hybridized carbons (Fsp3) is 0.137. The lowest BCUT2D eigenvalue weighted by atomic mass is 9.80. The number of nitrogens with one attached hydrogen (secondary N) is 1. The first kappa shape index (κ1) is 33.2. The minimum absolute atomic E-state index is 0.264. The van der Waals surface area contributed by atoms with Gasteiger partial charge in [0.1, 0.15) is 11.7 Å². The minimum atomic E-state index is -0.380. The van der Waals surface area contributed by atoms with Crippen molar-refractivity contribution in [3.05, 3.63) is 202 Å². The van der Waals surface area contributed by atoms with Crippen LogP contribution in [0.3, 0.4) is 0 Å². The number of benzene rings is 6. The van der Waals surface area contributed by atoms with Crippen molar-refractivity contribution in [2.24, 2.45) is 9.98 Å². The smallest absolute Gasteiger partial charge is 0.169 e. The first-order valence-electron chi connectivity index (χ1n) is 19.7. The second-order valence-electron chi connectivity index (χ2n) is 15.2. The molecule has 0 fully saturated rings. The summed E-state index contributed by atoms with van der Waals surface area (Å²) >= 11 is 2.07. The van der Waals surface area contributed by atoms with E-state index in [2.05, 4.69) is 198 Å². The molecule has 270 valence electrons. The molecule has 6 aromatic carbocycles. The Labute approximate surface area is 331 Å². The molecule has 4 unspecified atom stereocenters. The Bertz CT molecular complexity index is 2840. The number of amidine groups is 2. The van der Waals surface area contributed by atoms with Gasteiger partial charge in [0.25, 0.3) is 0 Å². The van der Waals surface area contributed by atoms with Crippen molar-refractivity contribution >= 4 is 52.1 Å². The zero-order valence-corrected chi connectivity index (χ0v) is 31.7. The molecule has 2 aliphatic heterocycles. The van der Waals surface area contributed by atoms with Crippen LogP contribution in [0.25, 0.3) is 39.8 Å². The number of rotatable bonds is 6.